The van der Waals surface area contributed by atoms with E-state index in [2.05, 4.69) is 42.3 Å². The van der Waals surface area contributed by atoms with E-state index in [0.717, 1.165) is 50.1 Å². The summed E-state index contributed by atoms with van der Waals surface area (Å²) in [6, 6.07) is 18.8. The minimum Gasteiger partial charge on any atom is -0.497 e. The Labute approximate surface area is 156 Å². The zero-order valence-corrected chi connectivity index (χ0v) is 15.8. The summed E-state index contributed by atoms with van der Waals surface area (Å²) < 4.78 is 5.51. The van der Waals surface area contributed by atoms with Crippen LogP contribution in [0.15, 0.2) is 54.6 Å². The van der Waals surface area contributed by atoms with Crippen LogP contribution in [0, 0.1) is 5.92 Å². The van der Waals surface area contributed by atoms with Crippen molar-refractivity contribution in [2.45, 2.75) is 36.7 Å². The molecule has 0 radical (unpaired) electrons. The molecule has 1 unspecified atom stereocenters. The fourth-order valence-corrected chi connectivity index (χ4v) is 5.27. The first-order chi connectivity index (χ1) is 12.6. The second kappa shape index (κ2) is 6.71. The van der Waals surface area contributed by atoms with Crippen LogP contribution in [0.5, 0.6) is 5.75 Å². The number of rotatable bonds is 3. The van der Waals surface area contributed by atoms with Gasteiger partial charge in [0.05, 0.1) is 12.7 Å². The summed E-state index contributed by atoms with van der Waals surface area (Å²) in [5, 5.41) is 11.7. The Morgan fingerprint density at radius 1 is 1.04 bits per heavy atom. The van der Waals surface area contributed by atoms with E-state index in [4.69, 9.17) is 4.74 Å². The molecule has 2 fully saturated rings. The standard InChI is InChI=1S/C23H29NO2/c1-24-14-13-22(19-9-6-10-21(15-19)26-2)17-23(25,12-11-20(22)16-24)18-7-4-3-5-8-18/h3-10,15,20,25H,11-14,16-17H2,1-2H3/t20-,22+,23?/m0/s1. The molecule has 2 aliphatic rings. The van der Waals surface area contributed by atoms with Crippen molar-refractivity contribution < 1.29 is 9.84 Å². The van der Waals surface area contributed by atoms with Gasteiger partial charge in [-0.3, -0.25) is 0 Å². The summed E-state index contributed by atoms with van der Waals surface area (Å²) in [5.74, 6) is 1.47. The second-order valence-corrected chi connectivity index (χ2v) is 8.21. The molecule has 0 spiro atoms. The van der Waals surface area contributed by atoms with Crippen LogP contribution in [0.2, 0.25) is 0 Å². The van der Waals surface area contributed by atoms with Gasteiger partial charge in [-0.05, 0) is 68.5 Å². The molecule has 3 heteroatoms. The topological polar surface area (TPSA) is 32.7 Å². The molecule has 1 heterocycles. The van der Waals surface area contributed by atoms with Gasteiger partial charge in [-0.2, -0.15) is 0 Å². The Morgan fingerprint density at radius 3 is 2.58 bits per heavy atom. The Kier molecular flexibility index (Phi) is 4.54. The molecule has 138 valence electrons. The van der Waals surface area contributed by atoms with Crippen molar-refractivity contribution in [3.63, 3.8) is 0 Å². The monoisotopic (exact) mass is 351 g/mol. The smallest absolute Gasteiger partial charge is 0.119 e. The second-order valence-electron chi connectivity index (χ2n) is 8.21. The van der Waals surface area contributed by atoms with Crippen LogP contribution in [0.1, 0.15) is 36.8 Å². The Hall–Kier alpha value is -1.84. The molecule has 1 N–H and O–H groups in total. The van der Waals surface area contributed by atoms with Gasteiger partial charge in [0.2, 0.25) is 0 Å². The van der Waals surface area contributed by atoms with E-state index < -0.39 is 5.60 Å². The lowest BCUT2D eigenvalue weighted by Gasteiger charge is -2.55. The average molecular weight is 351 g/mol. The van der Waals surface area contributed by atoms with Gasteiger partial charge in [0, 0.05) is 12.0 Å². The zero-order chi connectivity index (χ0) is 18.2. The predicted molar refractivity (Wildman–Crippen MR) is 104 cm³/mol. The van der Waals surface area contributed by atoms with E-state index in [0.29, 0.717) is 5.92 Å². The Balaban J connectivity index is 1.78. The van der Waals surface area contributed by atoms with Crippen molar-refractivity contribution in [3.8, 4) is 5.75 Å². The largest absolute Gasteiger partial charge is 0.497 e. The highest BCUT2D eigenvalue weighted by atomic mass is 16.5. The van der Waals surface area contributed by atoms with Crippen molar-refractivity contribution >= 4 is 0 Å². The van der Waals surface area contributed by atoms with Crippen LogP contribution < -0.4 is 4.74 Å². The van der Waals surface area contributed by atoms with Crippen LogP contribution in [0.4, 0.5) is 0 Å². The van der Waals surface area contributed by atoms with Gasteiger partial charge in [-0.1, -0.05) is 42.5 Å². The Morgan fingerprint density at radius 2 is 1.81 bits per heavy atom. The number of piperidine rings is 1. The van der Waals surface area contributed by atoms with Gasteiger partial charge in [-0.25, -0.2) is 0 Å². The van der Waals surface area contributed by atoms with E-state index in [1.807, 2.05) is 24.3 Å². The zero-order valence-electron chi connectivity index (χ0n) is 15.8. The molecule has 1 saturated carbocycles. The van der Waals surface area contributed by atoms with E-state index in [1.165, 1.54) is 5.56 Å². The molecular weight excluding hydrogens is 322 g/mol. The molecule has 2 aromatic carbocycles. The van der Waals surface area contributed by atoms with Gasteiger partial charge >= 0.3 is 0 Å². The molecule has 0 aromatic heterocycles. The summed E-state index contributed by atoms with van der Waals surface area (Å²) in [5.41, 5.74) is 1.63. The summed E-state index contributed by atoms with van der Waals surface area (Å²) in [7, 11) is 3.94. The lowest BCUT2D eigenvalue weighted by atomic mass is 9.54. The number of likely N-dealkylation sites (tertiary alicyclic amines) is 1. The minimum absolute atomic E-state index is 0.00386. The highest BCUT2D eigenvalue weighted by molar-refractivity contribution is 5.38. The van der Waals surface area contributed by atoms with Crippen LogP contribution in [-0.4, -0.2) is 37.3 Å². The summed E-state index contributed by atoms with van der Waals surface area (Å²) >= 11 is 0. The third kappa shape index (κ3) is 2.93. The number of hydrogen-bond donors (Lipinski definition) is 1. The lowest BCUT2D eigenvalue weighted by molar-refractivity contribution is -0.0743. The van der Waals surface area contributed by atoms with Crippen molar-refractivity contribution in [1.29, 1.82) is 0 Å². The van der Waals surface area contributed by atoms with Crippen molar-refractivity contribution in [1.82, 2.24) is 4.90 Å². The Bertz CT molecular complexity index is 762. The third-order valence-corrected chi connectivity index (χ3v) is 6.72. The number of hydrogen-bond acceptors (Lipinski definition) is 3. The van der Waals surface area contributed by atoms with Gasteiger partial charge < -0.3 is 14.7 Å². The number of ether oxygens (including phenoxy) is 1. The number of fused-ring (bicyclic) bond motifs is 1. The van der Waals surface area contributed by atoms with E-state index in [1.54, 1.807) is 7.11 Å². The first kappa shape index (κ1) is 17.6. The molecule has 1 saturated heterocycles. The predicted octanol–water partition coefficient (Wildman–Crippen LogP) is 3.96. The normalized spacial score (nSPS) is 32.0. The van der Waals surface area contributed by atoms with Crippen molar-refractivity contribution in [3.05, 3.63) is 65.7 Å². The third-order valence-electron chi connectivity index (χ3n) is 6.72. The van der Waals surface area contributed by atoms with Crippen LogP contribution in [-0.2, 0) is 11.0 Å². The van der Waals surface area contributed by atoms with Crippen LogP contribution in [0.25, 0.3) is 0 Å². The first-order valence-corrected chi connectivity index (χ1v) is 9.67. The summed E-state index contributed by atoms with van der Waals surface area (Å²) in [6.45, 7) is 2.17. The minimum atomic E-state index is -0.753. The maximum atomic E-state index is 11.7. The van der Waals surface area contributed by atoms with Crippen LogP contribution >= 0.6 is 0 Å². The fourth-order valence-electron chi connectivity index (χ4n) is 5.27. The first-order valence-electron chi connectivity index (χ1n) is 9.67. The van der Waals surface area contributed by atoms with Crippen molar-refractivity contribution in [2.24, 2.45) is 5.92 Å². The number of aliphatic hydroxyl groups is 1. The quantitative estimate of drug-likeness (QED) is 0.909. The van der Waals surface area contributed by atoms with Gasteiger partial charge in [-0.15, -0.1) is 0 Å². The number of nitrogens with zero attached hydrogens (tertiary/aromatic N) is 1. The van der Waals surface area contributed by atoms with E-state index in [9.17, 15) is 5.11 Å². The molecule has 1 aliphatic carbocycles. The highest BCUT2D eigenvalue weighted by Crippen LogP contribution is 2.55. The average Bonchev–Trinajstić information content (AvgIpc) is 2.69. The molecule has 26 heavy (non-hydrogen) atoms. The lowest BCUT2D eigenvalue weighted by Crippen LogP contribution is -2.55. The highest BCUT2D eigenvalue weighted by Gasteiger charge is 2.52. The molecule has 3 atom stereocenters. The summed E-state index contributed by atoms with van der Waals surface area (Å²) in [6.07, 6.45) is 3.75. The molecule has 0 bridgehead atoms. The van der Waals surface area contributed by atoms with E-state index >= 15 is 0 Å². The fraction of sp³-hybridized carbons (Fsp3) is 0.478. The molecule has 2 aromatic rings. The molecule has 0 amide bonds. The molecule has 1 aliphatic heterocycles. The maximum Gasteiger partial charge on any atom is 0.119 e. The number of methoxy groups -OCH3 is 1. The van der Waals surface area contributed by atoms with Gasteiger partial charge in [0.25, 0.3) is 0 Å². The molecule has 3 nitrogen and oxygen atoms in total. The van der Waals surface area contributed by atoms with Crippen molar-refractivity contribution in [2.75, 3.05) is 27.2 Å². The van der Waals surface area contributed by atoms with Gasteiger partial charge in [0.1, 0.15) is 5.75 Å². The number of benzene rings is 2. The molecule has 4 rings (SSSR count). The van der Waals surface area contributed by atoms with Gasteiger partial charge in [0.15, 0.2) is 0 Å². The maximum absolute atomic E-state index is 11.7. The van der Waals surface area contributed by atoms with Crippen LogP contribution in [0.3, 0.4) is 0 Å². The van der Waals surface area contributed by atoms with E-state index in [-0.39, 0.29) is 5.41 Å². The SMILES string of the molecule is COc1cccc([C@]23CCN(C)C[C@@H]2CCC(O)(c2ccccc2)C3)c1. The molecular formula is C23H29NO2. The summed E-state index contributed by atoms with van der Waals surface area (Å²) in [4.78, 5) is 2.44.